The van der Waals surface area contributed by atoms with Gasteiger partial charge in [0, 0.05) is 23.3 Å². The maximum absolute atomic E-state index is 13.2. The highest BCUT2D eigenvalue weighted by molar-refractivity contribution is 7.99. The Morgan fingerprint density at radius 3 is 2.65 bits per heavy atom. The van der Waals surface area contributed by atoms with Crippen molar-refractivity contribution in [1.29, 1.82) is 0 Å². The van der Waals surface area contributed by atoms with E-state index in [0.29, 0.717) is 16.4 Å². The summed E-state index contributed by atoms with van der Waals surface area (Å²) in [6, 6.07) is 15.5. The van der Waals surface area contributed by atoms with Crippen LogP contribution in [0.1, 0.15) is 50.4 Å². The van der Waals surface area contributed by atoms with E-state index in [1.165, 1.54) is 0 Å². The average molecular weight is 436 g/mol. The van der Waals surface area contributed by atoms with Gasteiger partial charge < -0.3 is 0 Å². The van der Waals surface area contributed by atoms with Crippen LogP contribution < -0.4 is 15.1 Å². The molecule has 2 heterocycles. The lowest BCUT2D eigenvalue weighted by Crippen LogP contribution is -2.60. The first-order valence-electron chi connectivity index (χ1n) is 10.7. The Bertz CT molecular complexity index is 1170. The van der Waals surface area contributed by atoms with Crippen molar-refractivity contribution in [1.82, 2.24) is 10.1 Å². The summed E-state index contributed by atoms with van der Waals surface area (Å²) in [5.74, 6) is 0.788. The molecule has 4 rings (SSSR count). The number of thioether (sulfide) groups is 1. The largest absolute Gasteiger partial charge is 0.325 e. The highest BCUT2D eigenvalue weighted by Crippen LogP contribution is 2.37. The van der Waals surface area contributed by atoms with Gasteiger partial charge in [-0.15, -0.1) is 0 Å². The first-order valence-corrected chi connectivity index (χ1v) is 11.6. The first kappa shape index (κ1) is 21.3. The van der Waals surface area contributed by atoms with Gasteiger partial charge in [0.2, 0.25) is 11.1 Å². The van der Waals surface area contributed by atoms with Crippen molar-refractivity contribution in [2.45, 2.75) is 51.4 Å². The van der Waals surface area contributed by atoms with Gasteiger partial charge in [-0.25, -0.2) is 4.90 Å². The van der Waals surface area contributed by atoms with Gasteiger partial charge in [-0.2, -0.15) is 0 Å². The number of H-pyrrole nitrogens is 1. The Morgan fingerprint density at radius 2 is 1.90 bits per heavy atom. The maximum atomic E-state index is 13.2. The monoisotopic (exact) mass is 435 g/mol. The zero-order valence-corrected chi connectivity index (χ0v) is 18.9. The van der Waals surface area contributed by atoms with Crippen molar-refractivity contribution in [2.75, 3.05) is 10.7 Å². The Kier molecular flexibility index (Phi) is 6.23. The second-order valence-electron chi connectivity index (χ2n) is 7.74. The SMILES string of the molecule is CCCCCSc1n[n+]2c(c(=O)[nH]1)-c1ccccc1N(C(C)=O)C2c1ccccc1C. The standard InChI is InChI=1S/C24H26N4O2S/c1-4-5-10-15-31-24-25-22(30)21-19-13-8-9-14-20(19)27(17(3)29)23(28(21)26-24)18-12-7-6-11-16(18)2/h6-9,11-14,23H,4-5,10,15H2,1-3H3/p+1. The van der Waals surface area contributed by atoms with Crippen LogP contribution in [-0.4, -0.2) is 21.7 Å². The molecular weight excluding hydrogens is 408 g/mol. The fourth-order valence-electron chi connectivity index (χ4n) is 4.06. The minimum absolute atomic E-state index is 0.0990. The van der Waals surface area contributed by atoms with Crippen molar-refractivity contribution < 1.29 is 9.48 Å². The fraction of sp³-hybridized carbons (Fsp3) is 0.333. The van der Waals surface area contributed by atoms with E-state index >= 15 is 0 Å². The third kappa shape index (κ3) is 4.02. The number of carbonyl (C=O) groups is 1. The van der Waals surface area contributed by atoms with Gasteiger partial charge in [-0.05, 0) is 41.8 Å². The molecule has 2 aromatic carbocycles. The molecule has 0 fully saturated rings. The van der Waals surface area contributed by atoms with Crippen molar-refractivity contribution in [3.63, 3.8) is 0 Å². The summed E-state index contributed by atoms with van der Waals surface area (Å²) >= 11 is 1.55. The number of fused-ring (bicyclic) bond motifs is 3. The van der Waals surface area contributed by atoms with E-state index in [1.807, 2.05) is 55.5 Å². The van der Waals surface area contributed by atoms with Crippen LogP contribution in [0.3, 0.4) is 0 Å². The highest BCUT2D eigenvalue weighted by atomic mass is 32.2. The minimum Gasteiger partial charge on any atom is -0.291 e. The number of rotatable bonds is 6. The third-order valence-corrected chi connectivity index (χ3v) is 6.50. The van der Waals surface area contributed by atoms with Gasteiger partial charge in [0.15, 0.2) is 0 Å². The van der Waals surface area contributed by atoms with E-state index in [1.54, 1.807) is 28.3 Å². The number of nitrogens with one attached hydrogen (secondary N) is 1. The van der Waals surface area contributed by atoms with E-state index in [9.17, 15) is 9.59 Å². The molecule has 1 amide bonds. The Balaban J connectivity index is 1.93. The number of para-hydroxylation sites is 1. The van der Waals surface area contributed by atoms with E-state index in [0.717, 1.165) is 41.8 Å². The summed E-state index contributed by atoms with van der Waals surface area (Å²) in [5, 5.41) is 5.41. The number of aromatic nitrogens is 3. The Hall–Kier alpha value is -2.93. The van der Waals surface area contributed by atoms with E-state index < -0.39 is 6.17 Å². The lowest BCUT2D eigenvalue weighted by Gasteiger charge is -2.31. The number of hydrogen-bond donors (Lipinski definition) is 1. The molecule has 0 spiro atoms. The van der Waals surface area contributed by atoms with Gasteiger partial charge >= 0.3 is 11.3 Å². The number of hydrogen-bond acceptors (Lipinski definition) is 4. The molecule has 7 heteroatoms. The molecular formula is C24H27N4O2S+. The average Bonchev–Trinajstić information content (AvgIpc) is 2.76. The van der Waals surface area contributed by atoms with Gasteiger partial charge in [-0.1, -0.05) is 61.9 Å². The number of carbonyl (C=O) groups excluding carboxylic acids is 1. The summed E-state index contributed by atoms with van der Waals surface area (Å²) < 4.78 is 1.73. The molecule has 1 unspecified atom stereocenters. The zero-order valence-electron chi connectivity index (χ0n) is 18.1. The Morgan fingerprint density at radius 1 is 1.16 bits per heavy atom. The molecule has 6 nitrogen and oxygen atoms in total. The molecule has 0 saturated heterocycles. The van der Waals surface area contributed by atoms with Gasteiger partial charge in [0.05, 0.1) is 11.3 Å². The molecule has 31 heavy (non-hydrogen) atoms. The fourth-order valence-corrected chi connectivity index (χ4v) is 4.91. The van der Waals surface area contributed by atoms with E-state index in [2.05, 4.69) is 11.9 Å². The molecule has 160 valence electrons. The topological polar surface area (TPSA) is 69.9 Å². The van der Waals surface area contributed by atoms with E-state index in [-0.39, 0.29) is 11.5 Å². The molecule has 0 saturated carbocycles. The van der Waals surface area contributed by atoms with Crippen LogP contribution >= 0.6 is 11.8 Å². The third-order valence-electron chi connectivity index (χ3n) is 5.55. The highest BCUT2D eigenvalue weighted by Gasteiger charge is 2.45. The summed E-state index contributed by atoms with van der Waals surface area (Å²) in [4.78, 5) is 30.8. The number of nitrogens with zero attached hydrogens (tertiary/aromatic N) is 3. The predicted molar refractivity (Wildman–Crippen MR) is 123 cm³/mol. The number of aromatic amines is 1. The number of unbranched alkanes of at least 4 members (excludes halogenated alkanes) is 2. The summed E-state index contributed by atoms with van der Waals surface area (Å²) in [5.41, 5.74) is 3.69. The van der Waals surface area contributed by atoms with Crippen LogP contribution in [0.4, 0.5) is 5.69 Å². The molecule has 1 atom stereocenters. The molecule has 1 N–H and O–H groups in total. The Labute approximate surface area is 186 Å². The van der Waals surface area contributed by atoms with Crippen molar-refractivity contribution >= 4 is 23.4 Å². The van der Waals surface area contributed by atoms with Crippen molar-refractivity contribution in [2.24, 2.45) is 0 Å². The van der Waals surface area contributed by atoms with Crippen LogP contribution in [0.2, 0.25) is 0 Å². The van der Waals surface area contributed by atoms with Crippen LogP contribution in [0, 0.1) is 6.92 Å². The lowest BCUT2D eigenvalue weighted by molar-refractivity contribution is -0.763. The van der Waals surface area contributed by atoms with E-state index in [4.69, 9.17) is 5.10 Å². The summed E-state index contributed by atoms with van der Waals surface area (Å²) in [7, 11) is 0. The van der Waals surface area contributed by atoms with Crippen LogP contribution in [0.5, 0.6) is 0 Å². The molecule has 1 aliphatic rings. The van der Waals surface area contributed by atoms with Crippen LogP contribution in [-0.2, 0) is 4.79 Å². The quantitative estimate of drug-likeness (QED) is 0.357. The minimum atomic E-state index is -0.527. The molecule has 0 bridgehead atoms. The number of amides is 1. The first-order chi connectivity index (χ1) is 15.0. The summed E-state index contributed by atoms with van der Waals surface area (Å²) in [6.45, 7) is 5.74. The second kappa shape index (κ2) is 9.06. The molecule has 0 radical (unpaired) electrons. The van der Waals surface area contributed by atoms with Crippen LogP contribution in [0.25, 0.3) is 11.3 Å². The number of aryl methyl sites for hydroxylation is 1. The molecule has 1 aromatic heterocycles. The van der Waals surface area contributed by atoms with Crippen molar-refractivity contribution in [3.8, 4) is 11.3 Å². The number of anilines is 1. The molecule has 0 aliphatic carbocycles. The smallest absolute Gasteiger partial charge is 0.291 e. The number of benzene rings is 2. The van der Waals surface area contributed by atoms with Crippen molar-refractivity contribution in [3.05, 3.63) is 70.0 Å². The molecule has 3 aromatic rings. The van der Waals surface area contributed by atoms with Gasteiger partial charge in [-0.3, -0.25) is 14.6 Å². The van der Waals surface area contributed by atoms with Gasteiger partial charge in [0.25, 0.3) is 6.17 Å². The molecule has 1 aliphatic heterocycles. The maximum Gasteiger partial charge on any atom is 0.325 e. The normalized spacial score (nSPS) is 14.8. The second-order valence-corrected chi connectivity index (χ2v) is 8.83. The predicted octanol–water partition coefficient (Wildman–Crippen LogP) is 4.23. The zero-order chi connectivity index (χ0) is 22.0. The van der Waals surface area contributed by atoms with Crippen LogP contribution in [0.15, 0.2) is 58.5 Å². The lowest BCUT2D eigenvalue weighted by atomic mass is 9.99. The summed E-state index contributed by atoms with van der Waals surface area (Å²) in [6.07, 6.45) is 2.83. The van der Waals surface area contributed by atoms with Gasteiger partial charge in [0.1, 0.15) is 0 Å².